The molecule has 1 N–H and O–H groups in total. The second-order valence-electron chi connectivity index (χ2n) is 6.69. The zero-order valence-corrected chi connectivity index (χ0v) is 15.6. The van der Waals surface area contributed by atoms with E-state index < -0.39 is 11.9 Å². The van der Waals surface area contributed by atoms with E-state index in [2.05, 4.69) is 5.32 Å². The van der Waals surface area contributed by atoms with E-state index in [1.165, 1.54) is 7.11 Å². The maximum absolute atomic E-state index is 12.6. The summed E-state index contributed by atoms with van der Waals surface area (Å²) >= 11 is 0. The Morgan fingerprint density at radius 2 is 1.89 bits per heavy atom. The number of carbonyl (C=O) groups is 3. The molecule has 0 aromatic heterocycles. The molecular weight excluding hydrogens is 344 g/mol. The standard InChI is InChI=1S/C21H22N2O4/c1-13-6-4-9-18(14(13)2)23-12-16(11-19(23)24)20(25)22-17-8-5-7-15(10-17)21(26)27-3/h4-10,16H,11-12H2,1-3H3,(H,22,25). The summed E-state index contributed by atoms with van der Waals surface area (Å²) in [6.45, 7) is 4.31. The monoisotopic (exact) mass is 366 g/mol. The highest BCUT2D eigenvalue weighted by molar-refractivity contribution is 6.04. The Labute approximate surface area is 158 Å². The van der Waals surface area contributed by atoms with Crippen LogP contribution in [0.2, 0.25) is 0 Å². The van der Waals surface area contributed by atoms with Crippen molar-refractivity contribution < 1.29 is 19.1 Å². The van der Waals surface area contributed by atoms with E-state index in [1.54, 1.807) is 29.2 Å². The number of amides is 2. The Morgan fingerprint density at radius 1 is 1.15 bits per heavy atom. The Morgan fingerprint density at radius 3 is 2.63 bits per heavy atom. The van der Waals surface area contributed by atoms with Crippen molar-refractivity contribution in [3.8, 4) is 0 Å². The van der Waals surface area contributed by atoms with Crippen molar-refractivity contribution in [3.05, 3.63) is 59.2 Å². The van der Waals surface area contributed by atoms with Crippen LogP contribution in [0.4, 0.5) is 11.4 Å². The van der Waals surface area contributed by atoms with Crippen molar-refractivity contribution in [2.75, 3.05) is 23.9 Å². The van der Waals surface area contributed by atoms with Crippen molar-refractivity contribution >= 4 is 29.2 Å². The molecular formula is C21H22N2O4. The third-order valence-electron chi connectivity index (χ3n) is 4.91. The van der Waals surface area contributed by atoms with Crippen LogP contribution in [-0.2, 0) is 14.3 Å². The fourth-order valence-electron chi connectivity index (χ4n) is 3.23. The van der Waals surface area contributed by atoms with E-state index in [0.29, 0.717) is 17.8 Å². The predicted molar refractivity (Wildman–Crippen MR) is 103 cm³/mol. The fraction of sp³-hybridized carbons (Fsp3) is 0.286. The first kappa shape index (κ1) is 18.6. The number of esters is 1. The molecule has 1 saturated heterocycles. The molecule has 0 spiro atoms. The summed E-state index contributed by atoms with van der Waals surface area (Å²) in [5.74, 6) is -1.22. The molecule has 1 atom stereocenters. The van der Waals surface area contributed by atoms with Crippen LogP contribution in [0.5, 0.6) is 0 Å². The van der Waals surface area contributed by atoms with Crippen LogP contribution in [0.15, 0.2) is 42.5 Å². The lowest BCUT2D eigenvalue weighted by Crippen LogP contribution is -2.28. The van der Waals surface area contributed by atoms with Crippen molar-refractivity contribution in [1.82, 2.24) is 0 Å². The number of benzene rings is 2. The van der Waals surface area contributed by atoms with Crippen molar-refractivity contribution in [2.24, 2.45) is 5.92 Å². The number of nitrogens with one attached hydrogen (secondary N) is 1. The van der Waals surface area contributed by atoms with Crippen LogP contribution in [-0.4, -0.2) is 31.4 Å². The average molecular weight is 366 g/mol. The number of hydrogen-bond acceptors (Lipinski definition) is 4. The molecule has 0 saturated carbocycles. The first-order chi connectivity index (χ1) is 12.9. The number of hydrogen-bond donors (Lipinski definition) is 1. The number of carbonyl (C=O) groups excluding carboxylic acids is 3. The number of nitrogens with zero attached hydrogens (tertiary/aromatic N) is 1. The van der Waals surface area contributed by atoms with Crippen molar-refractivity contribution in [3.63, 3.8) is 0 Å². The highest BCUT2D eigenvalue weighted by atomic mass is 16.5. The van der Waals surface area contributed by atoms with Crippen LogP contribution >= 0.6 is 0 Å². The largest absolute Gasteiger partial charge is 0.465 e. The van der Waals surface area contributed by atoms with Gasteiger partial charge in [-0.3, -0.25) is 9.59 Å². The van der Waals surface area contributed by atoms with Gasteiger partial charge in [-0.25, -0.2) is 4.79 Å². The van der Waals surface area contributed by atoms with E-state index in [-0.39, 0.29) is 18.2 Å². The van der Waals surface area contributed by atoms with E-state index >= 15 is 0 Å². The molecule has 1 aliphatic heterocycles. The highest BCUT2D eigenvalue weighted by Gasteiger charge is 2.35. The van der Waals surface area contributed by atoms with Gasteiger partial charge in [0.05, 0.1) is 18.6 Å². The van der Waals surface area contributed by atoms with Gasteiger partial charge in [0, 0.05) is 24.3 Å². The van der Waals surface area contributed by atoms with Gasteiger partial charge >= 0.3 is 5.97 Å². The molecule has 2 aromatic rings. The third-order valence-corrected chi connectivity index (χ3v) is 4.91. The van der Waals surface area contributed by atoms with Crippen molar-refractivity contribution in [2.45, 2.75) is 20.3 Å². The Kier molecular flexibility index (Phi) is 5.26. The molecule has 6 nitrogen and oxygen atoms in total. The van der Waals surface area contributed by atoms with Gasteiger partial charge < -0.3 is 15.0 Å². The van der Waals surface area contributed by atoms with Crippen LogP contribution in [0, 0.1) is 19.8 Å². The smallest absolute Gasteiger partial charge is 0.337 e. The second kappa shape index (κ2) is 7.61. The van der Waals surface area contributed by atoms with E-state index in [4.69, 9.17) is 4.74 Å². The Bertz CT molecular complexity index is 907. The molecule has 2 amide bonds. The third kappa shape index (κ3) is 3.84. The van der Waals surface area contributed by atoms with Gasteiger partial charge in [-0.15, -0.1) is 0 Å². The zero-order valence-electron chi connectivity index (χ0n) is 15.6. The zero-order chi connectivity index (χ0) is 19.6. The summed E-state index contributed by atoms with van der Waals surface area (Å²) in [5, 5.41) is 2.80. The molecule has 0 radical (unpaired) electrons. The summed E-state index contributed by atoms with van der Waals surface area (Å²) in [6, 6.07) is 12.4. The summed E-state index contributed by atoms with van der Waals surface area (Å²) < 4.78 is 4.69. The molecule has 2 aromatic carbocycles. The molecule has 1 heterocycles. The number of methoxy groups -OCH3 is 1. The molecule has 6 heteroatoms. The maximum atomic E-state index is 12.6. The average Bonchev–Trinajstić information content (AvgIpc) is 3.05. The Balaban J connectivity index is 1.73. The topological polar surface area (TPSA) is 75.7 Å². The van der Waals surface area contributed by atoms with Crippen molar-refractivity contribution in [1.29, 1.82) is 0 Å². The van der Waals surface area contributed by atoms with Crippen LogP contribution < -0.4 is 10.2 Å². The lowest BCUT2D eigenvalue weighted by molar-refractivity contribution is -0.122. The lowest BCUT2D eigenvalue weighted by atomic mass is 10.1. The molecule has 140 valence electrons. The normalized spacial score (nSPS) is 16.3. The van der Waals surface area contributed by atoms with E-state index in [9.17, 15) is 14.4 Å². The van der Waals surface area contributed by atoms with Gasteiger partial charge in [0.1, 0.15) is 0 Å². The number of aryl methyl sites for hydroxylation is 1. The van der Waals surface area contributed by atoms with Gasteiger partial charge in [-0.1, -0.05) is 18.2 Å². The van der Waals surface area contributed by atoms with Gasteiger partial charge in [0.15, 0.2) is 0 Å². The molecule has 0 aliphatic carbocycles. The molecule has 1 fully saturated rings. The second-order valence-corrected chi connectivity index (χ2v) is 6.69. The summed E-state index contributed by atoms with van der Waals surface area (Å²) in [7, 11) is 1.31. The minimum absolute atomic E-state index is 0.0628. The molecule has 27 heavy (non-hydrogen) atoms. The first-order valence-corrected chi connectivity index (χ1v) is 8.76. The quantitative estimate of drug-likeness (QED) is 0.844. The van der Waals surface area contributed by atoms with Crippen LogP contribution in [0.25, 0.3) is 0 Å². The minimum Gasteiger partial charge on any atom is -0.465 e. The van der Waals surface area contributed by atoms with Gasteiger partial charge in [-0.2, -0.15) is 0 Å². The summed E-state index contributed by atoms with van der Waals surface area (Å²) in [6.07, 6.45) is 0.163. The SMILES string of the molecule is COC(=O)c1cccc(NC(=O)C2CC(=O)N(c3cccc(C)c3C)C2)c1. The minimum atomic E-state index is -0.469. The molecule has 3 rings (SSSR count). The Hall–Kier alpha value is -3.15. The van der Waals surface area contributed by atoms with Gasteiger partial charge in [-0.05, 0) is 49.2 Å². The van der Waals surface area contributed by atoms with Crippen LogP contribution in [0.1, 0.15) is 27.9 Å². The number of rotatable bonds is 4. The fourth-order valence-corrected chi connectivity index (χ4v) is 3.23. The van der Waals surface area contributed by atoms with E-state index in [0.717, 1.165) is 16.8 Å². The molecule has 1 unspecified atom stereocenters. The summed E-state index contributed by atoms with van der Waals surface area (Å²) in [5.41, 5.74) is 3.85. The number of ether oxygens (including phenoxy) is 1. The molecule has 1 aliphatic rings. The van der Waals surface area contributed by atoms with Gasteiger partial charge in [0.25, 0.3) is 0 Å². The van der Waals surface area contributed by atoms with E-state index in [1.807, 2.05) is 32.0 Å². The maximum Gasteiger partial charge on any atom is 0.337 e. The number of anilines is 2. The predicted octanol–water partition coefficient (Wildman–Crippen LogP) is 3.08. The van der Waals surface area contributed by atoms with Crippen LogP contribution in [0.3, 0.4) is 0 Å². The summed E-state index contributed by atoms with van der Waals surface area (Å²) in [4.78, 5) is 38.4. The lowest BCUT2D eigenvalue weighted by Gasteiger charge is -2.20. The molecule has 0 bridgehead atoms. The van der Waals surface area contributed by atoms with Gasteiger partial charge in [0.2, 0.25) is 11.8 Å². The first-order valence-electron chi connectivity index (χ1n) is 8.76. The highest BCUT2D eigenvalue weighted by Crippen LogP contribution is 2.30.